The SMILES string of the molecule is CC(=O)Nc1ccc(S(=O)(=O)N2CCC(NC(=O)c3ccc(=O)[nH]n3)CC2)cc1. The maximum Gasteiger partial charge on any atom is 0.271 e. The van der Waals surface area contributed by atoms with Crippen molar-refractivity contribution < 1.29 is 18.0 Å². The number of carbonyl (C=O) groups is 2. The van der Waals surface area contributed by atoms with Crippen molar-refractivity contribution in [1.29, 1.82) is 0 Å². The Morgan fingerprint density at radius 3 is 2.31 bits per heavy atom. The summed E-state index contributed by atoms with van der Waals surface area (Å²) in [6, 6.07) is 8.35. The number of nitrogens with one attached hydrogen (secondary N) is 3. The van der Waals surface area contributed by atoms with Crippen molar-refractivity contribution in [3.05, 3.63) is 52.4 Å². The number of carbonyl (C=O) groups excluding carboxylic acids is 2. The molecule has 3 rings (SSSR count). The molecular formula is C18H21N5O5S. The summed E-state index contributed by atoms with van der Waals surface area (Å²) in [6.45, 7) is 1.90. The van der Waals surface area contributed by atoms with Crippen LogP contribution >= 0.6 is 0 Å². The van der Waals surface area contributed by atoms with Gasteiger partial charge in [0.15, 0.2) is 0 Å². The predicted molar refractivity (Wildman–Crippen MR) is 105 cm³/mol. The molecule has 1 aliphatic rings. The van der Waals surface area contributed by atoms with Crippen LogP contribution in [-0.2, 0) is 14.8 Å². The van der Waals surface area contributed by atoms with Crippen molar-refractivity contribution in [3.8, 4) is 0 Å². The maximum atomic E-state index is 12.8. The summed E-state index contributed by atoms with van der Waals surface area (Å²) in [5.74, 6) is -0.655. The van der Waals surface area contributed by atoms with Crippen LogP contribution in [0.1, 0.15) is 30.3 Å². The molecule has 0 spiro atoms. The molecule has 0 bridgehead atoms. The van der Waals surface area contributed by atoms with Gasteiger partial charge in [-0.1, -0.05) is 0 Å². The number of amides is 2. The summed E-state index contributed by atoms with van der Waals surface area (Å²) < 4.78 is 27.0. The highest BCUT2D eigenvalue weighted by atomic mass is 32.2. The monoisotopic (exact) mass is 419 g/mol. The van der Waals surface area contributed by atoms with Crippen LogP contribution in [0.25, 0.3) is 0 Å². The number of aromatic amines is 1. The molecule has 2 heterocycles. The topological polar surface area (TPSA) is 141 Å². The quantitative estimate of drug-likeness (QED) is 0.637. The Balaban J connectivity index is 1.59. The predicted octanol–water partition coefficient (Wildman–Crippen LogP) is 0.311. The average Bonchev–Trinajstić information content (AvgIpc) is 2.69. The Bertz CT molecular complexity index is 1040. The van der Waals surface area contributed by atoms with E-state index in [-0.39, 0.29) is 35.6 Å². The van der Waals surface area contributed by atoms with E-state index in [0.29, 0.717) is 18.5 Å². The van der Waals surface area contributed by atoms with Gasteiger partial charge in [0.25, 0.3) is 11.5 Å². The van der Waals surface area contributed by atoms with Gasteiger partial charge in [0.1, 0.15) is 5.69 Å². The van der Waals surface area contributed by atoms with Crippen LogP contribution in [0, 0.1) is 0 Å². The van der Waals surface area contributed by atoms with Crippen LogP contribution in [0.2, 0.25) is 0 Å². The summed E-state index contributed by atoms with van der Waals surface area (Å²) in [5.41, 5.74) is 0.220. The lowest BCUT2D eigenvalue weighted by Crippen LogP contribution is -2.46. The van der Waals surface area contributed by atoms with Crippen molar-refractivity contribution in [1.82, 2.24) is 19.8 Å². The molecule has 0 aliphatic carbocycles. The molecule has 3 N–H and O–H groups in total. The fraction of sp³-hybridized carbons (Fsp3) is 0.333. The van der Waals surface area contributed by atoms with Crippen LogP contribution in [0.5, 0.6) is 0 Å². The molecule has 154 valence electrons. The zero-order valence-corrected chi connectivity index (χ0v) is 16.5. The van der Waals surface area contributed by atoms with Crippen molar-refractivity contribution in [3.63, 3.8) is 0 Å². The molecule has 0 atom stereocenters. The summed E-state index contributed by atoms with van der Waals surface area (Å²) in [7, 11) is -3.66. The number of benzene rings is 1. The van der Waals surface area contributed by atoms with Crippen LogP contribution in [0.15, 0.2) is 46.1 Å². The molecule has 1 saturated heterocycles. The highest BCUT2D eigenvalue weighted by Crippen LogP contribution is 2.22. The fourth-order valence-electron chi connectivity index (χ4n) is 3.03. The lowest BCUT2D eigenvalue weighted by atomic mass is 10.1. The van der Waals surface area contributed by atoms with Crippen molar-refractivity contribution in [2.75, 3.05) is 18.4 Å². The molecule has 0 radical (unpaired) electrons. The second-order valence-electron chi connectivity index (χ2n) is 6.66. The van der Waals surface area contributed by atoms with Gasteiger partial charge in [0, 0.05) is 37.8 Å². The van der Waals surface area contributed by atoms with Crippen molar-refractivity contribution >= 4 is 27.5 Å². The first kappa shape index (κ1) is 20.7. The van der Waals surface area contributed by atoms with Gasteiger partial charge in [0.05, 0.1) is 4.90 Å². The third-order valence-corrected chi connectivity index (χ3v) is 6.43. The van der Waals surface area contributed by atoms with Crippen LogP contribution in [-0.4, -0.2) is 53.9 Å². The van der Waals surface area contributed by atoms with Gasteiger partial charge in [-0.05, 0) is 43.2 Å². The first-order chi connectivity index (χ1) is 13.8. The van der Waals surface area contributed by atoms with E-state index in [1.807, 2.05) is 0 Å². The smallest absolute Gasteiger partial charge is 0.271 e. The van der Waals surface area contributed by atoms with Gasteiger partial charge < -0.3 is 10.6 Å². The summed E-state index contributed by atoms with van der Waals surface area (Å²) in [4.78, 5) is 34.4. The van der Waals surface area contributed by atoms with E-state index in [2.05, 4.69) is 20.8 Å². The number of aromatic nitrogens is 2. The molecule has 11 heteroatoms. The fourth-order valence-corrected chi connectivity index (χ4v) is 4.50. The van der Waals surface area contributed by atoms with E-state index < -0.39 is 21.5 Å². The Labute approximate surface area is 167 Å². The van der Waals surface area contributed by atoms with Gasteiger partial charge in [0.2, 0.25) is 15.9 Å². The highest BCUT2D eigenvalue weighted by Gasteiger charge is 2.30. The first-order valence-electron chi connectivity index (χ1n) is 9.00. The molecule has 1 aliphatic heterocycles. The second-order valence-corrected chi connectivity index (χ2v) is 8.60. The first-order valence-corrected chi connectivity index (χ1v) is 10.4. The molecule has 2 amide bonds. The third kappa shape index (κ3) is 5.06. The highest BCUT2D eigenvalue weighted by molar-refractivity contribution is 7.89. The minimum Gasteiger partial charge on any atom is -0.348 e. The van der Waals surface area contributed by atoms with Gasteiger partial charge in [-0.3, -0.25) is 14.4 Å². The zero-order valence-electron chi connectivity index (χ0n) is 15.7. The lowest BCUT2D eigenvalue weighted by molar-refractivity contribution is -0.114. The molecule has 10 nitrogen and oxygen atoms in total. The Hall–Kier alpha value is -3.05. The van der Waals surface area contributed by atoms with Gasteiger partial charge in [-0.25, -0.2) is 13.5 Å². The van der Waals surface area contributed by atoms with E-state index in [4.69, 9.17) is 0 Å². The number of hydrogen-bond acceptors (Lipinski definition) is 6. The molecule has 0 saturated carbocycles. The Morgan fingerprint density at radius 1 is 1.10 bits per heavy atom. The number of sulfonamides is 1. The molecule has 1 aromatic carbocycles. The normalized spacial score (nSPS) is 15.6. The summed E-state index contributed by atoms with van der Waals surface area (Å²) in [6.07, 6.45) is 0.913. The van der Waals surface area contributed by atoms with E-state index in [1.165, 1.54) is 35.5 Å². The van der Waals surface area contributed by atoms with Gasteiger partial charge in [-0.15, -0.1) is 0 Å². The number of piperidine rings is 1. The van der Waals surface area contributed by atoms with Crippen molar-refractivity contribution in [2.45, 2.75) is 30.7 Å². The minimum absolute atomic E-state index is 0.0962. The van der Waals surface area contributed by atoms with E-state index in [1.54, 1.807) is 12.1 Å². The molecule has 2 aromatic rings. The van der Waals surface area contributed by atoms with E-state index in [9.17, 15) is 22.8 Å². The molecular weight excluding hydrogens is 398 g/mol. The van der Waals surface area contributed by atoms with Crippen molar-refractivity contribution in [2.24, 2.45) is 0 Å². The zero-order chi connectivity index (χ0) is 21.0. The number of hydrogen-bond donors (Lipinski definition) is 3. The Morgan fingerprint density at radius 2 is 1.76 bits per heavy atom. The lowest BCUT2D eigenvalue weighted by Gasteiger charge is -2.31. The van der Waals surface area contributed by atoms with Gasteiger partial charge >= 0.3 is 0 Å². The third-order valence-electron chi connectivity index (χ3n) is 4.51. The standard InChI is InChI=1S/C18H21N5O5S/c1-12(24)19-13-2-4-15(5-3-13)29(27,28)23-10-8-14(9-11-23)20-18(26)16-6-7-17(25)22-21-16/h2-7,14H,8-11H2,1H3,(H,19,24)(H,20,26)(H,22,25). The van der Waals surface area contributed by atoms with Crippen LogP contribution in [0.4, 0.5) is 5.69 Å². The molecule has 0 unspecified atom stereocenters. The maximum absolute atomic E-state index is 12.8. The van der Waals surface area contributed by atoms with Gasteiger partial charge in [-0.2, -0.15) is 9.40 Å². The van der Waals surface area contributed by atoms with Crippen LogP contribution in [0.3, 0.4) is 0 Å². The average molecular weight is 419 g/mol. The number of anilines is 1. The molecule has 29 heavy (non-hydrogen) atoms. The van der Waals surface area contributed by atoms with E-state index in [0.717, 1.165) is 0 Å². The number of rotatable bonds is 5. The largest absolute Gasteiger partial charge is 0.348 e. The molecule has 1 aromatic heterocycles. The number of H-pyrrole nitrogens is 1. The summed E-state index contributed by atoms with van der Waals surface area (Å²) in [5, 5.41) is 11.3. The van der Waals surface area contributed by atoms with Crippen LogP contribution < -0.4 is 16.2 Å². The minimum atomic E-state index is -3.66. The molecule has 1 fully saturated rings. The second kappa shape index (κ2) is 8.53. The number of nitrogens with zero attached hydrogens (tertiary/aromatic N) is 2. The van der Waals surface area contributed by atoms with E-state index >= 15 is 0 Å². The Kier molecular flexibility index (Phi) is 6.09. The summed E-state index contributed by atoms with van der Waals surface area (Å²) >= 11 is 0.